The third-order valence-electron chi connectivity index (χ3n) is 3.82. The lowest BCUT2D eigenvalue weighted by Gasteiger charge is -2.49. The Kier molecular flexibility index (Phi) is 4.11. The fourth-order valence-electron chi connectivity index (χ4n) is 2.82. The summed E-state index contributed by atoms with van der Waals surface area (Å²) < 4.78 is 27.8. The Hall–Kier alpha value is -0.330. The second-order valence-electron chi connectivity index (χ2n) is 4.88. The van der Waals surface area contributed by atoms with Crippen molar-refractivity contribution < 1.29 is 17.9 Å². The lowest BCUT2D eigenvalue weighted by molar-refractivity contribution is -0.149. The highest BCUT2D eigenvalue weighted by molar-refractivity contribution is 7.92. The standard InChI is InChI=1S/C10H17NO4S.ClH/c1-15-9(12)7-4-10(5-7)6-8(11)2-3-16(10,13)14;/h7-8H,2-6,11H2,1H3;1H. The Morgan fingerprint density at radius 3 is 2.47 bits per heavy atom. The van der Waals surface area contributed by atoms with Gasteiger partial charge in [0, 0.05) is 6.04 Å². The van der Waals surface area contributed by atoms with Gasteiger partial charge in [-0.05, 0) is 25.7 Å². The molecule has 1 atom stereocenters. The monoisotopic (exact) mass is 283 g/mol. The zero-order valence-electron chi connectivity index (χ0n) is 9.72. The quantitative estimate of drug-likeness (QED) is 0.698. The topological polar surface area (TPSA) is 86.5 Å². The largest absolute Gasteiger partial charge is 0.469 e. The molecule has 1 saturated carbocycles. The van der Waals surface area contributed by atoms with Gasteiger partial charge in [0.15, 0.2) is 9.84 Å². The summed E-state index contributed by atoms with van der Waals surface area (Å²) in [5.41, 5.74) is 5.81. The molecule has 7 heteroatoms. The van der Waals surface area contributed by atoms with Crippen LogP contribution >= 0.6 is 12.4 Å². The van der Waals surface area contributed by atoms with Crippen molar-refractivity contribution in [3.05, 3.63) is 0 Å². The van der Waals surface area contributed by atoms with E-state index < -0.39 is 14.6 Å². The maximum atomic E-state index is 12.0. The minimum atomic E-state index is -3.08. The molecular weight excluding hydrogens is 266 g/mol. The first kappa shape index (κ1) is 14.7. The van der Waals surface area contributed by atoms with E-state index in [1.807, 2.05) is 0 Å². The summed E-state index contributed by atoms with van der Waals surface area (Å²) in [6.45, 7) is 0. The predicted molar refractivity (Wildman–Crippen MR) is 65.7 cm³/mol. The van der Waals surface area contributed by atoms with E-state index in [-0.39, 0.29) is 36.1 Å². The van der Waals surface area contributed by atoms with Crippen molar-refractivity contribution in [2.45, 2.75) is 36.5 Å². The summed E-state index contributed by atoms with van der Waals surface area (Å²) in [7, 11) is -1.75. The van der Waals surface area contributed by atoms with Crippen LogP contribution in [0.2, 0.25) is 0 Å². The lowest BCUT2D eigenvalue weighted by Crippen LogP contribution is -2.59. The number of esters is 1. The number of halogens is 1. The van der Waals surface area contributed by atoms with Crippen molar-refractivity contribution in [1.82, 2.24) is 0 Å². The maximum Gasteiger partial charge on any atom is 0.308 e. The van der Waals surface area contributed by atoms with E-state index >= 15 is 0 Å². The number of carbonyl (C=O) groups is 1. The molecule has 0 radical (unpaired) electrons. The van der Waals surface area contributed by atoms with Gasteiger partial charge >= 0.3 is 5.97 Å². The first-order chi connectivity index (χ1) is 7.40. The Morgan fingerprint density at radius 1 is 1.35 bits per heavy atom. The molecule has 2 rings (SSSR count). The van der Waals surface area contributed by atoms with Crippen LogP contribution in [0, 0.1) is 5.92 Å². The highest BCUT2D eigenvalue weighted by Crippen LogP contribution is 2.50. The maximum absolute atomic E-state index is 12.0. The van der Waals surface area contributed by atoms with Crippen molar-refractivity contribution >= 4 is 28.2 Å². The zero-order valence-corrected chi connectivity index (χ0v) is 11.4. The number of hydrogen-bond donors (Lipinski definition) is 1. The van der Waals surface area contributed by atoms with Gasteiger partial charge in [0.2, 0.25) is 0 Å². The van der Waals surface area contributed by atoms with Crippen LogP contribution in [0.3, 0.4) is 0 Å². The number of hydrogen-bond acceptors (Lipinski definition) is 5. The smallest absolute Gasteiger partial charge is 0.308 e. The first-order valence-corrected chi connectivity index (χ1v) is 7.11. The van der Waals surface area contributed by atoms with Gasteiger partial charge in [-0.3, -0.25) is 4.79 Å². The molecule has 0 bridgehead atoms. The van der Waals surface area contributed by atoms with Gasteiger partial charge in [-0.25, -0.2) is 8.42 Å². The molecule has 100 valence electrons. The number of methoxy groups -OCH3 is 1. The van der Waals surface area contributed by atoms with Crippen LogP contribution in [0.1, 0.15) is 25.7 Å². The second kappa shape index (κ2) is 4.74. The Balaban J connectivity index is 0.00000144. The minimum absolute atomic E-state index is 0. The molecule has 17 heavy (non-hydrogen) atoms. The molecule has 0 amide bonds. The van der Waals surface area contributed by atoms with Gasteiger partial charge in [-0.15, -0.1) is 12.4 Å². The van der Waals surface area contributed by atoms with Crippen LogP contribution < -0.4 is 5.73 Å². The summed E-state index contributed by atoms with van der Waals surface area (Å²) in [6, 6.07) is -0.0536. The molecule has 1 aliphatic heterocycles. The highest BCUT2D eigenvalue weighted by atomic mass is 35.5. The summed E-state index contributed by atoms with van der Waals surface area (Å²) in [6.07, 6.45) is 1.79. The van der Waals surface area contributed by atoms with Gasteiger partial charge in [0.1, 0.15) is 0 Å². The fraction of sp³-hybridized carbons (Fsp3) is 0.900. The number of carbonyl (C=O) groups excluding carboxylic acids is 1. The number of ether oxygens (including phenoxy) is 1. The molecule has 2 fully saturated rings. The third-order valence-corrected chi connectivity index (χ3v) is 6.42. The molecule has 2 aliphatic rings. The average molecular weight is 284 g/mol. The number of rotatable bonds is 1. The van der Waals surface area contributed by atoms with E-state index in [9.17, 15) is 13.2 Å². The molecule has 0 aromatic heterocycles. The van der Waals surface area contributed by atoms with Crippen molar-refractivity contribution in [2.75, 3.05) is 12.9 Å². The SMILES string of the molecule is COC(=O)C1CC2(CC(N)CCS2(=O)=O)C1.Cl. The van der Waals surface area contributed by atoms with E-state index in [0.717, 1.165) is 0 Å². The molecule has 1 saturated heterocycles. The number of nitrogens with two attached hydrogens (primary N) is 1. The van der Waals surface area contributed by atoms with E-state index in [1.54, 1.807) is 0 Å². The minimum Gasteiger partial charge on any atom is -0.469 e. The summed E-state index contributed by atoms with van der Waals surface area (Å²) >= 11 is 0. The average Bonchev–Trinajstić information content (AvgIpc) is 2.17. The lowest BCUT2D eigenvalue weighted by atomic mass is 9.70. The highest BCUT2D eigenvalue weighted by Gasteiger charge is 2.58. The molecule has 5 nitrogen and oxygen atoms in total. The van der Waals surface area contributed by atoms with Gasteiger partial charge in [0.05, 0.1) is 23.5 Å². The van der Waals surface area contributed by atoms with Crippen molar-refractivity contribution in [2.24, 2.45) is 11.7 Å². The zero-order chi connectivity index (χ0) is 12.0. The number of sulfone groups is 1. The molecule has 1 aliphatic carbocycles. The third kappa shape index (κ3) is 2.30. The van der Waals surface area contributed by atoms with E-state index in [4.69, 9.17) is 5.73 Å². The van der Waals surface area contributed by atoms with E-state index in [1.165, 1.54) is 7.11 Å². The van der Waals surface area contributed by atoms with Crippen LogP contribution in [-0.4, -0.2) is 38.0 Å². The van der Waals surface area contributed by atoms with Gasteiger partial charge in [0.25, 0.3) is 0 Å². The van der Waals surface area contributed by atoms with Crippen molar-refractivity contribution in [1.29, 1.82) is 0 Å². The molecule has 1 spiro atoms. The molecule has 1 unspecified atom stereocenters. The molecular formula is C10H18ClNO4S. The molecule has 2 N–H and O–H groups in total. The van der Waals surface area contributed by atoms with Gasteiger partial charge in [-0.2, -0.15) is 0 Å². The summed E-state index contributed by atoms with van der Waals surface area (Å²) in [4.78, 5) is 11.3. The Labute approximate surface area is 107 Å². The van der Waals surface area contributed by atoms with Crippen LogP contribution in [0.4, 0.5) is 0 Å². The van der Waals surface area contributed by atoms with E-state index in [0.29, 0.717) is 25.7 Å². The predicted octanol–water partition coefficient (Wildman–Crippen LogP) is 0.266. The molecule has 0 aromatic carbocycles. The molecule has 0 aromatic rings. The first-order valence-electron chi connectivity index (χ1n) is 5.46. The Morgan fingerprint density at radius 2 is 1.94 bits per heavy atom. The van der Waals surface area contributed by atoms with Crippen LogP contribution in [0.15, 0.2) is 0 Å². The van der Waals surface area contributed by atoms with Crippen LogP contribution in [0.5, 0.6) is 0 Å². The van der Waals surface area contributed by atoms with Crippen molar-refractivity contribution in [3.63, 3.8) is 0 Å². The van der Waals surface area contributed by atoms with Crippen LogP contribution in [-0.2, 0) is 19.4 Å². The second-order valence-corrected chi connectivity index (χ2v) is 7.39. The van der Waals surface area contributed by atoms with E-state index in [2.05, 4.69) is 4.74 Å². The summed E-state index contributed by atoms with van der Waals surface area (Å²) in [5, 5.41) is 0. The summed E-state index contributed by atoms with van der Waals surface area (Å²) in [5.74, 6) is -0.410. The van der Waals surface area contributed by atoms with Gasteiger partial charge < -0.3 is 10.5 Å². The molecule has 1 heterocycles. The van der Waals surface area contributed by atoms with Crippen molar-refractivity contribution in [3.8, 4) is 0 Å². The fourth-order valence-corrected chi connectivity index (χ4v) is 5.25. The normalized spacial score (nSPS) is 38.9. The Bertz CT molecular complexity index is 403. The van der Waals surface area contributed by atoms with Crippen LogP contribution in [0.25, 0.3) is 0 Å². The van der Waals surface area contributed by atoms with Gasteiger partial charge in [-0.1, -0.05) is 0 Å².